The highest BCUT2D eigenvalue weighted by molar-refractivity contribution is 6.42. The van der Waals surface area contributed by atoms with Crippen molar-refractivity contribution in [3.05, 3.63) is 40.4 Å². The second kappa shape index (κ2) is 8.19. The van der Waals surface area contributed by atoms with Crippen LogP contribution in [0.4, 0.5) is 0 Å². The van der Waals surface area contributed by atoms with Gasteiger partial charge in [-0.15, -0.1) is 0 Å². The molecule has 1 aromatic rings. The van der Waals surface area contributed by atoms with Crippen LogP contribution in [0.2, 0.25) is 10.0 Å². The molecule has 1 aliphatic heterocycles. The Bertz CT molecular complexity index is 635. The third-order valence-electron chi connectivity index (χ3n) is 3.29. The number of carbonyl (C=O) groups excluding carboxylic acids is 1. The first-order chi connectivity index (χ1) is 11.1. The van der Waals surface area contributed by atoms with Crippen molar-refractivity contribution in [3.63, 3.8) is 0 Å². The molecular weight excluding hydrogens is 341 g/mol. The lowest BCUT2D eigenvalue weighted by Crippen LogP contribution is -2.42. The third-order valence-corrected chi connectivity index (χ3v) is 4.11. The molecule has 1 aromatic carbocycles. The number of amidine groups is 1. The summed E-state index contributed by atoms with van der Waals surface area (Å²) in [6, 6.07) is 3.45. The van der Waals surface area contributed by atoms with Crippen molar-refractivity contribution in [1.29, 1.82) is 0 Å². The minimum absolute atomic E-state index is 0.0189. The number of benzene rings is 1. The molecule has 1 atom stereocenters. The quantitative estimate of drug-likeness (QED) is 0.556. The first kappa shape index (κ1) is 17.6. The summed E-state index contributed by atoms with van der Waals surface area (Å²) in [4.78, 5) is 15.4. The monoisotopic (exact) mass is 357 g/mol. The number of carbonyl (C=O) groups is 1. The molecule has 8 heteroatoms. The molecule has 0 spiro atoms. The van der Waals surface area contributed by atoms with Crippen LogP contribution in [0, 0.1) is 0 Å². The van der Waals surface area contributed by atoms with E-state index >= 15 is 0 Å². The molecule has 1 amide bonds. The number of rotatable bonds is 5. The van der Waals surface area contributed by atoms with E-state index in [0.717, 1.165) is 5.56 Å². The molecule has 0 saturated carbocycles. The van der Waals surface area contributed by atoms with Gasteiger partial charge in [0, 0.05) is 24.4 Å². The van der Waals surface area contributed by atoms with Crippen LogP contribution in [0.5, 0.6) is 5.75 Å². The summed E-state index contributed by atoms with van der Waals surface area (Å²) < 4.78 is 5.65. The molecule has 124 valence electrons. The topological polar surface area (TPSA) is 83.0 Å². The molecule has 0 aromatic heterocycles. The van der Waals surface area contributed by atoms with Crippen LogP contribution < -0.4 is 15.6 Å². The first-order valence-electron chi connectivity index (χ1n) is 6.97. The standard InChI is InChI=1S/C15H17Cl2N3O3/c1-2-5-23-11-4-3-10(16)15(17)14(11)9-6-12(18-7-9)19-20-13(22)8-21/h2-4,9,21H,1,5-8H2,(H,18,19)(H,20,22). The van der Waals surface area contributed by atoms with Crippen LogP contribution in [0.3, 0.4) is 0 Å². The number of hydrogen-bond donors (Lipinski definition) is 3. The van der Waals surface area contributed by atoms with E-state index < -0.39 is 12.5 Å². The van der Waals surface area contributed by atoms with E-state index in [1.54, 1.807) is 18.2 Å². The molecule has 0 bridgehead atoms. The summed E-state index contributed by atoms with van der Waals surface area (Å²) in [6.45, 7) is 3.88. The number of nitrogens with one attached hydrogen (secondary N) is 2. The first-order valence-corrected chi connectivity index (χ1v) is 7.73. The number of hydrogen-bond acceptors (Lipinski definition) is 5. The van der Waals surface area contributed by atoms with E-state index in [0.29, 0.717) is 41.2 Å². The zero-order valence-electron chi connectivity index (χ0n) is 12.3. The van der Waals surface area contributed by atoms with Crippen molar-refractivity contribution >= 4 is 34.9 Å². The summed E-state index contributed by atoms with van der Waals surface area (Å²) in [6.07, 6.45) is 2.19. The molecule has 1 heterocycles. The summed E-state index contributed by atoms with van der Waals surface area (Å²) in [5, 5.41) is 9.56. The number of nitrogens with zero attached hydrogens (tertiary/aromatic N) is 1. The summed E-state index contributed by atoms with van der Waals surface area (Å²) >= 11 is 12.5. The average Bonchev–Trinajstić information content (AvgIpc) is 3.02. The average molecular weight is 358 g/mol. The van der Waals surface area contributed by atoms with E-state index in [2.05, 4.69) is 22.4 Å². The predicted molar refractivity (Wildman–Crippen MR) is 90.2 cm³/mol. The zero-order chi connectivity index (χ0) is 16.8. The Morgan fingerprint density at radius 2 is 2.30 bits per heavy atom. The summed E-state index contributed by atoms with van der Waals surface area (Å²) in [5.74, 6) is 0.684. The Morgan fingerprint density at radius 1 is 1.52 bits per heavy atom. The highest BCUT2D eigenvalue weighted by atomic mass is 35.5. The normalized spacial score (nSPS) is 16.7. The van der Waals surface area contributed by atoms with Gasteiger partial charge in [-0.3, -0.25) is 20.6 Å². The van der Waals surface area contributed by atoms with Crippen LogP contribution >= 0.6 is 23.2 Å². The number of hydrazine groups is 1. The van der Waals surface area contributed by atoms with Crippen LogP contribution in [0.15, 0.2) is 29.8 Å². The Labute approximate surface area is 144 Å². The maximum atomic E-state index is 11.0. The Kier molecular flexibility index (Phi) is 6.27. The van der Waals surface area contributed by atoms with Crippen molar-refractivity contribution in [3.8, 4) is 5.75 Å². The molecule has 2 rings (SSSR count). The number of aliphatic imine (C=N–C) groups is 1. The molecule has 0 saturated heterocycles. The van der Waals surface area contributed by atoms with Gasteiger partial charge < -0.3 is 9.84 Å². The van der Waals surface area contributed by atoms with Crippen LogP contribution in [-0.2, 0) is 4.79 Å². The molecule has 0 aliphatic carbocycles. The molecule has 1 aliphatic rings. The van der Waals surface area contributed by atoms with Crippen molar-refractivity contribution in [2.75, 3.05) is 19.8 Å². The number of halogens is 2. The van der Waals surface area contributed by atoms with Gasteiger partial charge in [-0.25, -0.2) is 0 Å². The Hall–Kier alpha value is -1.76. The van der Waals surface area contributed by atoms with Gasteiger partial charge in [0.05, 0.1) is 10.0 Å². The van der Waals surface area contributed by atoms with E-state index in [1.165, 1.54) is 0 Å². The van der Waals surface area contributed by atoms with Gasteiger partial charge in [0.25, 0.3) is 5.91 Å². The molecule has 0 radical (unpaired) electrons. The van der Waals surface area contributed by atoms with Gasteiger partial charge in [0.15, 0.2) is 0 Å². The minimum Gasteiger partial charge on any atom is -0.489 e. The molecule has 6 nitrogen and oxygen atoms in total. The van der Waals surface area contributed by atoms with Crippen molar-refractivity contribution < 1.29 is 14.6 Å². The second-order valence-electron chi connectivity index (χ2n) is 4.89. The maximum Gasteiger partial charge on any atom is 0.264 e. The van der Waals surface area contributed by atoms with Gasteiger partial charge >= 0.3 is 0 Å². The van der Waals surface area contributed by atoms with Crippen LogP contribution in [-0.4, -0.2) is 36.6 Å². The van der Waals surface area contributed by atoms with Crippen molar-refractivity contribution in [2.24, 2.45) is 4.99 Å². The number of aliphatic hydroxyl groups is 1. The fourth-order valence-electron chi connectivity index (χ4n) is 2.25. The third kappa shape index (κ3) is 4.37. The van der Waals surface area contributed by atoms with Crippen molar-refractivity contribution in [2.45, 2.75) is 12.3 Å². The number of aliphatic hydroxyl groups excluding tert-OH is 1. The smallest absolute Gasteiger partial charge is 0.264 e. The van der Waals surface area contributed by atoms with E-state index in [-0.39, 0.29) is 5.92 Å². The lowest BCUT2D eigenvalue weighted by Gasteiger charge is -2.18. The predicted octanol–water partition coefficient (Wildman–Crippen LogP) is 2.06. The molecular formula is C15H17Cl2N3O3. The lowest BCUT2D eigenvalue weighted by atomic mass is 9.96. The SMILES string of the molecule is C=CCOc1ccc(Cl)c(Cl)c1C1CN=C(NNC(=O)CO)C1. The van der Waals surface area contributed by atoms with Gasteiger partial charge in [0.2, 0.25) is 0 Å². The highest BCUT2D eigenvalue weighted by Gasteiger charge is 2.27. The van der Waals surface area contributed by atoms with E-state index in [4.69, 9.17) is 33.0 Å². The largest absolute Gasteiger partial charge is 0.489 e. The zero-order valence-corrected chi connectivity index (χ0v) is 13.8. The highest BCUT2D eigenvalue weighted by Crippen LogP contribution is 2.41. The van der Waals surface area contributed by atoms with Gasteiger partial charge in [-0.1, -0.05) is 35.9 Å². The lowest BCUT2D eigenvalue weighted by molar-refractivity contribution is -0.124. The maximum absolute atomic E-state index is 11.0. The van der Waals surface area contributed by atoms with Gasteiger partial charge in [-0.05, 0) is 12.1 Å². The number of amides is 1. The van der Waals surface area contributed by atoms with Crippen LogP contribution in [0.1, 0.15) is 17.9 Å². The Morgan fingerprint density at radius 3 is 3.00 bits per heavy atom. The summed E-state index contributed by atoms with van der Waals surface area (Å²) in [7, 11) is 0. The van der Waals surface area contributed by atoms with Gasteiger partial charge in [0.1, 0.15) is 24.8 Å². The fourth-order valence-corrected chi connectivity index (χ4v) is 2.73. The molecule has 1 unspecified atom stereocenters. The van der Waals surface area contributed by atoms with Crippen molar-refractivity contribution in [1.82, 2.24) is 10.9 Å². The molecule has 23 heavy (non-hydrogen) atoms. The minimum atomic E-state index is -0.594. The second-order valence-corrected chi connectivity index (χ2v) is 5.68. The van der Waals surface area contributed by atoms with E-state index in [9.17, 15) is 4.79 Å². The molecule has 0 fully saturated rings. The van der Waals surface area contributed by atoms with Gasteiger partial charge in [-0.2, -0.15) is 0 Å². The van der Waals surface area contributed by atoms with Crippen LogP contribution in [0.25, 0.3) is 0 Å². The van der Waals surface area contributed by atoms with E-state index in [1.807, 2.05) is 0 Å². The Balaban J connectivity index is 2.12. The molecule has 3 N–H and O–H groups in total. The number of ether oxygens (including phenoxy) is 1. The fraction of sp³-hybridized carbons (Fsp3) is 0.333. The summed E-state index contributed by atoms with van der Waals surface area (Å²) in [5.41, 5.74) is 5.82.